The Bertz CT molecular complexity index is 673. The Morgan fingerprint density at radius 2 is 2.16 bits per heavy atom. The van der Waals surface area contributed by atoms with Crippen LogP contribution in [0.2, 0.25) is 0 Å². The Hall–Kier alpha value is -2.06. The molecule has 0 saturated carbocycles. The lowest BCUT2D eigenvalue weighted by Crippen LogP contribution is -2.22. The van der Waals surface area contributed by atoms with Crippen molar-refractivity contribution in [2.75, 3.05) is 11.9 Å². The first-order valence-corrected chi connectivity index (χ1v) is 6.59. The normalized spacial score (nSPS) is 9.89. The van der Waals surface area contributed by atoms with Gasteiger partial charge in [0.1, 0.15) is 6.07 Å². The summed E-state index contributed by atoms with van der Waals surface area (Å²) in [5, 5.41) is 12.2. The summed E-state index contributed by atoms with van der Waals surface area (Å²) < 4.78 is 2.49. The van der Waals surface area contributed by atoms with Crippen molar-refractivity contribution in [2.45, 2.75) is 6.54 Å². The Balaban J connectivity index is 2.03. The van der Waals surface area contributed by atoms with Gasteiger partial charge in [-0.1, -0.05) is 22.0 Å². The second-order valence-corrected chi connectivity index (χ2v) is 4.88. The van der Waals surface area contributed by atoms with E-state index in [0.29, 0.717) is 18.7 Å². The van der Waals surface area contributed by atoms with Gasteiger partial charge in [-0.15, -0.1) is 0 Å². The van der Waals surface area contributed by atoms with Crippen LogP contribution in [0.1, 0.15) is 5.56 Å². The fourth-order valence-corrected chi connectivity index (χ4v) is 2.08. The lowest BCUT2D eigenvalue weighted by atomic mass is 10.2. The molecule has 4 nitrogen and oxygen atoms in total. The maximum atomic E-state index is 11.5. The molecule has 0 bridgehead atoms. The third-order valence-corrected chi connectivity index (χ3v) is 3.16. The molecule has 96 valence electrons. The number of aromatic nitrogens is 1. The number of pyridine rings is 1. The highest BCUT2D eigenvalue weighted by molar-refractivity contribution is 9.10. The molecule has 2 rings (SSSR count). The molecule has 0 unspecified atom stereocenters. The Labute approximate surface area is 119 Å². The molecule has 5 heteroatoms. The number of nitriles is 1. The van der Waals surface area contributed by atoms with Crippen molar-refractivity contribution in [1.82, 2.24) is 4.57 Å². The van der Waals surface area contributed by atoms with E-state index in [1.54, 1.807) is 22.9 Å². The fourth-order valence-electron chi connectivity index (χ4n) is 1.72. The lowest BCUT2D eigenvalue weighted by molar-refractivity contribution is 0.697. The number of nitrogens with zero attached hydrogens (tertiary/aromatic N) is 2. The van der Waals surface area contributed by atoms with Crippen LogP contribution in [0.4, 0.5) is 5.69 Å². The molecule has 0 aliphatic carbocycles. The molecule has 2 aromatic rings. The highest BCUT2D eigenvalue weighted by Gasteiger charge is 2.02. The summed E-state index contributed by atoms with van der Waals surface area (Å²) in [6.07, 6.45) is 1.75. The van der Waals surface area contributed by atoms with Gasteiger partial charge in [0.15, 0.2) is 0 Å². The van der Waals surface area contributed by atoms with Crippen molar-refractivity contribution < 1.29 is 0 Å². The molecule has 1 aromatic heterocycles. The van der Waals surface area contributed by atoms with Crippen molar-refractivity contribution in [3.8, 4) is 6.07 Å². The first kappa shape index (κ1) is 13.4. The first-order chi connectivity index (χ1) is 9.20. The highest BCUT2D eigenvalue weighted by atomic mass is 79.9. The van der Waals surface area contributed by atoms with Crippen molar-refractivity contribution in [2.24, 2.45) is 0 Å². The average Bonchev–Trinajstić information content (AvgIpc) is 2.42. The van der Waals surface area contributed by atoms with Crippen LogP contribution in [0.5, 0.6) is 0 Å². The van der Waals surface area contributed by atoms with Crippen LogP contribution in [-0.4, -0.2) is 11.1 Å². The van der Waals surface area contributed by atoms with Gasteiger partial charge in [0.2, 0.25) is 0 Å². The van der Waals surface area contributed by atoms with E-state index in [4.69, 9.17) is 5.26 Å². The highest BCUT2D eigenvalue weighted by Crippen LogP contribution is 2.19. The molecule has 0 amide bonds. The molecule has 0 radical (unpaired) electrons. The number of halogens is 1. The van der Waals surface area contributed by atoms with Crippen molar-refractivity contribution in [3.63, 3.8) is 0 Å². The third-order valence-electron chi connectivity index (χ3n) is 2.67. The SMILES string of the molecule is N#Cc1cc(Br)ccc1NCCn1ccccc1=O. The molecule has 0 fully saturated rings. The van der Waals surface area contributed by atoms with Crippen LogP contribution in [0.15, 0.2) is 51.9 Å². The number of hydrogen-bond acceptors (Lipinski definition) is 3. The maximum absolute atomic E-state index is 11.5. The Kier molecular flexibility index (Phi) is 4.37. The van der Waals surface area contributed by atoms with Crippen molar-refractivity contribution >= 4 is 21.6 Å². The summed E-state index contributed by atoms with van der Waals surface area (Å²) in [6, 6.07) is 12.7. The van der Waals surface area contributed by atoms with E-state index < -0.39 is 0 Å². The molecule has 0 aliphatic heterocycles. The Morgan fingerprint density at radius 1 is 1.32 bits per heavy atom. The zero-order chi connectivity index (χ0) is 13.7. The van der Waals surface area contributed by atoms with Crippen molar-refractivity contribution in [1.29, 1.82) is 5.26 Å². The van der Waals surface area contributed by atoms with Gasteiger partial charge < -0.3 is 9.88 Å². The number of hydrogen-bond donors (Lipinski definition) is 1. The summed E-state index contributed by atoms with van der Waals surface area (Å²) in [4.78, 5) is 11.5. The maximum Gasteiger partial charge on any atom is 0.250 e. The molecule has 1 N–H and O–H groups in total. The van der Waals surface area contributed by atoms with Gasteiger partial charge in [0, 0.05) is 29.8 Å². The van der Waals surface area contributed by atoms with Gasteiger partial charge >= 0.3 is 0 Å². The van der Waals surface area contributed by atoms with E-state index in [2.05, 4.69) is 27.3 Å². The van der Waals surface area contributed by atoms with Crippen LogP contribution < -0.4 is 10.9 Å². The van der Waals surface area contributed by atoms with E-state index in [-0.39, 0.29) is 5.56 Å². The summed E-state index contributed by atoms with van der Waals surface area (Å²) in [5.41, 5.74) is 1.32. The fraction of sp³-hybridized carbons (Fsp3) is 0.143. The molecular formula is C14H12BrN3O. The molecule has 0 aliphatic rings. The second kappa shape index (κ2) is 6.21. The number of anilines is 1. The van der Waals surface area contributed by atoms with Crippen LogP contribution in [-0.2, 0) is 6.54 Å². The van der Waals surface area contributed by atoms with E-state index in [9.17, 15) is 4.79 Å². The van der Waals surface area contributed by atoms with Crippen LogP contribution in [0.25, 0.3) is 0 Å². The van der Waals surface area contributed by atoms with Crippen LogP contribution in [0, 0.1) is 11.3 Å². The van der Waals surface area contributed by atoms with Gasteiger partial charge in [-0.05, 0) is 24.3 Å². The zero-order valence-electron chi connectivity index (χ0n) is 10.1. The smallest absolute Gasteiger partial charge is 0.250 e. The molecular weight excluding hydrogens is 306 g/mol. The third kappa shape index (κ3) is 3.46. The monoisotopic (exact) mass is 317 g/mol. The molecule has 1 heterocycles. The number of rotatable bonds is 4. The minimum Gasteiger partial charge on any atom is -0.382 e. The number of benzene rings is 1. The predicted molar refractivity (Wildman–Crippen MR) is 78.0 cm³/mol. The largest absolute Gasteiger partial charge is 0.382 e. The summed E-state index contributed by atoms with van der Waals surface area (Å²) >= 11 is 3.33. The lowest BCUT2D eigenvalue weighted by Gasteiger charge is -2.09. The second-order valence-electron chi connectivity index (χ2n) is 3.96. The Morgan fingerprint density at radius 3 is 2.89 bits per heavy atom. The van der Waals surface area contributed by atoms with E-state index >= 15 is 0 Å². The van der Waals surface area contributed by atoms with E-state index in [1.165, 1.54) is 6.07 Å². The summed E-state index contributed by atoms with van der Waals surface area (Å²) in [7, 11) is 0. The average molecular weight is 318 g/mol. The van der Waals surface area contributed by atoms with Gasteiger partial charge in [0.05, 0.1) is 11.3 Å². The van der Waals surface area contributed by atoms with Crippen LogP contribution >= 0.6 is 15.9 Å². The van der Waals surface area contributed by atoms with E-state index in [0.717, 1.165) is 10.2 Å². The minimum atomic E-state index is -0.0272. The summed E-state index contributed by atoms with van der Waals surface area (Å²) in [6.45, 7) is 1.14. The molecule has 0 spiro atoms. The van der Waals surface area contributed by atoms with Crippen LogP contribution in [0.3, 0.4) is 0 Å². The summed E-state index contributed by atoms with van der Waals surface area (Å²) in [5.74, 6) is 0. The topological polar surface area (TPSA) is 57.8 Å². The number of nitrogens with one attached hydrogen (secondary N) is 1. The molecule has 0 saturated heterocycles. The molecule has 1 aromatic carbocycles. The molecule has 0 atom stereocenters. The van der Waals surface area contributed by atoms with E-state index in [1.807, 2.05) is 18.2 Å². The first-order valence-electron chi connectivity index (χ1n) is 5.80. The van der Waals surface area contributed by atoms with Gasteiger partial charge in [0.25, 0.3) is 5.56 Å². The van der Waals surface area contributed by atoms with Gasteiger partial charge in [-0.2, -0.15) is 5.26 Å². The predicted octanol–water partition coefficient (Wildman–Crippen LogP) is 2.59. The molecule has 19 heavy (non-hydrogen) atoms. The minimum absolute atomic E-state index is 0.0272. The van der Waals surface area contributed by atoms with Crippen molar-refractivity contribution in [3.05, 3.63) is 63.0 Å². The quantitative estimate of drug-likeness (QED) is 0.943. The van der Waals surface area contributed by atoms with Gasteiger partial charge in [-0.3, -0.25) is 4.79 Å². The standard InChI is InChI=1S/C14H12BrN3O/c15-12-4-5-13(11(9-12)10-16)17-6-8-18-7-2-1-3-14(18)19/h1-5,7,9,17H,6,8H2. The zero-order valence-corrected chi connectivity index (χ0v) is 11.7. The van der Waals surface area contributed by atoms with Gasteiger partial charge in [-0.25, -0.2) is 0 Å².